The van der Waals surface area contributed by atoms with Gasteiger partial charge in [-0.3, -0.25) is 4.79 Å². The Morgan fingerprint density at radius 2 is 1.76 bits per heavy atom. The number of hydrogen-bond acceptors (Lipinski definition) is 6. The number of benzene rings is 1. The standard InChI is InChI=1S/C21H21F3N4O4S/c1-11(2)15-10-13(17-12(3)26-32-20(17)25-15)21(29)27-6-8-28(9-7-27)33(30,31)16-5-4-14(22)18(23)19(16)24/h4-5,10-11H,6-9H2,1-3H3. The number of aryl methyl sites for hydroxylation is 1. The Hall–Kier alpha value is -2.99. The molecule has 0 atom stereocenters. The van der Waals surface area contributed by atoms with E-state index in [1.165, 1.54) is 4.90 Å². The van der Waals surface area contributed by atoms with Gasteiger partial charge in [-0.15, -0.1) is 0 Å². The lowest BCUT2D eigenvalue weighted by atomic mass is 10.0. The van der Waals surface area contributed by atoms with Crippen LogP contribution in [-0.2, 0) is 10.0 Å². The number of pyridine rings is 1. The van der Waals surface area contributed by atoms with Crippen molar-refractivity contribution in [3.05, 3.63) is 52.6 Å². The molecule has 1 fully saturated rings. The molecule has 0 spiro atoms. The molecule has 2 aromatic heterocycles. The lowest BCUT2D eigenvalue weighted by Gasteiger charge is -2.34. The molecule has 0 N–H and O–H groups in total. The molecule has 0 aliphatic carbocycles. The number of aromatic nitrogens is 2. The highest BCUT2D eigenvalue weighted by molar-refractivity contribution is 7.89. The van der Waals surface area contributed by atoms with Crippen LogP contribution in [0, 0.1) is 24.4 Å². The molecule has 1 aliphatic heterocycles. The minimum absolute atomic E-state index is 0.0223. The Labute approximate surface area is 188 Å². The number of carbonyl (C=O) groups is 1. The molecular formula is C21H21F3N4O4S. The third-order valence-corrected chi connectivity index (χ3v) is 7.52. The topological polar surface area (TPSA) is 96.6 Å². The van der Waals surface area contributed by atoms with Crippen LogP contribution in [-0.4, -0.2) is 59.8 Å². The number of carbonyl (C=O) groups excluding carboxylic acids is 1. The van der Waals surface area contributed by atoms with Crippen molar-refractivity contribution in [2.45, 2.75) is 31.6 Å². The molecule has 3 aromatic rings. The van der Waals surface area contributed by atoms with Crippen molar-refractivity contribution in [3.8, 4) is 0 Å². The molecule has 3 heterocycles. The summed E-state index contributed by atoms with van der Waals surface area (Å²) in [4.78, 5) is 18.2. The Kier molecular flexibility index (Phi) is 5.91. The highest BCUT2D eigenvalue weighted by Gasteiger charge is 2.34. The molecule has 176 valence electrons. The monoisotopic (exact) mass is 482 g/mol. The predicted octanol–water partition coefficient (Wildman–Crippen LogP) is 3.22. The van der Waals surface area contributed by atoms with Gasteiger partial charge in [0.25, 0.3) is 11.6 Å². The molecule has 12 heteroatoms. The summed E-state index contributed by atoms with van der Waals surface area (Å²) < 4.78 is 72.6. The highest BCUT2D eigenvalue weighted by atomic mass is 32.2. The summed E-state index contributed by atoms with van der Waals surface area (Å²) in [5, 5.41) is 4.38. The zero-order chi connectivity index (χ0) is 24.1. The van der Waals surface area contributed by atoms with Crippen LogP contribution >= 0.6 is 0 Å². The fourth-order valence-corrected chi connectivity index (χ4v) is 5.20. The molecule has 33 heavy (non-hydrogen) atoms. The largest absolute Gasteiger partial charge is 0.336 e. The van der Waals surface area contributed by atoms with Gasteiger partial charge in [-0.25, -0.2) is 26.6 Å². The number of halogens is 3. The smallest absolute Gasteiger partial charge is 0.259 e. The molecule has 1 saturated heterocycles. The van der Waals surface area contributed by atoms with Crippen molar-refractivity contribution < 1.29 is 30.9 Å². The first-order valence-corrected chi connectivity index (χ1v) is 11.7. The first kappa shape index (κ1) is 23.2. The van der Waals surface area contributed by atoms with E-state index in [4.69, 9.17) is 4.52 Å². The second-order valence-corrected chi connectivity index (χ2v) is 9.97. The van der Waals surface area contributed by atoms with E-state index < -0.39 is 32.4 Å². The van der Waals surface area contributed by atoms with Crippen LogP contribution in [0.4, 0.5) is 13.2 Å². The van der Waals surface area contributed by atoms with Crippen LogP contribution < -0.4 is 0 Å². The van der Waals surface area contributed by atoms with E-state index in [1.54, 1.807) is 13.0 Å². The first-order valence-electron chi connectivity index (χ1n) is 10.2. The third-order valence-electron chi connectivity index (χ3n) is 5.60. The second-order valence-electron chi connectivity index (χ2n) is 8.07. The number of hydrogen-bond donors (Lipinski definition) is 0. The van der Waals surface area contributed by atoms with Gasteiger partial charge in [0, 0.05) is 31.9 Å². The quantitative estimate of drug-likeness (QED) is 0.530. The Balaban J connectivity index is 1.58. The maximum Gasteiger partial charge on any atom is 0.259 e. The number of nitrogens with zero attached hydrogens (tertiary/aromatic N) is 4. The summed E-state index contributed by atoms with van der Waals surface area (Å²) in [5.41, 5.74) is 1.76. The molecule has 0 unspecified atom stereocenters. The fourth-order valence-electron chi connectivity index (χ4n) is 3.73. The van der Waals surface area contributed by atoms with Crippen LogP contribution in [0.25, 0.3) is 11.1 Å². The van der Waals surface area contributed by atoms with Crippen molar-refractivity contribution >= 4 is 27.0 Å². The Bertz CT molecular complexity index is 1350. The van der Waals surface area contributed by atoms with Gasteiger partial charge in [0.15, 0.2) is 17.5 Å². The Morgan fingerprint density at radius 3 is 2.39 bits per heavy atom. The van der Waals surface area contributed by atoms with Gasteiger partial charge in [0.1, 0.15) is 4.90 Å². The second kappa shape index (κ2) is 8.41. The molecule has 0 bridgehead atoms. The van der Waals surface area contributed by atoms with Gasteiger partial charge < -0.3 is 9.42 Å². The summed E-state index contributed by atoms with van der Waals surface area (Å²) in [6.07, 6.45) is 0. The molecular weight excluding hydrogens is 461 g/mol. The number of amides is 1. The SMILES string of the molecule is Cc1noc2nc(C(C)C)cc(C(=O)N3CCN(S(=O)(=O)c4ccc(F)c(F)c4F)CC3)c12. The maximum atomic E-state index is 14.1. The average molecular weight is 482 g/mol. The van der Waals surface area contributed by atoms with E-state index in [0.717, 1.165) is 4.31 Å². The zero-order valence-corrected chi connectivity index (χ0v) is 18.9. The number of sulfonamides is 1. The van der Waals surface area contributed by atoms with Gasteiger partial charge >= 0.3 is 0 Å². The lowest BCUT2D eigenvalue weighted by molar-refractivity contribution is 0.0699. The molecule has 1 amide bonds. The fraction of sp³-hybridized carbons (Fsp3) is 0.381. The number of rotatable bonds is 4. The summed E-state index contributed by atoms with van der Waals surface area (Å²) in [5.74, 6) is -5.41. The summed E-state index contributed by atoms with van der Waals surface area (Å²) in [6.45, 7) is 5.31. The number of fused-ring (bicyclic) bond motifs is 1. The normalized spacial score (nSPS) is 15.5. The van der Waals surface area contributed by atoms with Crippen molar-refractivity contribution in [1.82, 2.24) is 19.3 Å². The van der Waals surface area contributed by atoms with Crippen molar-refractivity contribution in [3.63, 3.8) is 0 Å². The van der Waals surface area contributed by atoms with Crippen LogP contribution in [0.5, 0.6) is 0 Å². The Morgan fingerprint density at radius 1 is 1.09 bits per heavy atom. The van der Waals surface area contributed by atoms with Crippen LogP contribution in [0.15, 0.2) is 27.6 Å². The van der Waals surface area contributed by atoms with E-state index in [9.17, 15) is 26.4 Å². The van der Waals surface area contributed by atoms with Crippen LogP contribution in [0.2, 0.25) is 0 Å². The maximum absolute atomic E-state index is 14.1. The van der Waals surface area contributed by atoms with Crippen molar-refractivity contribution in [1.29, 1.82) is 0 Å². The first-order chi connectivity index (χ1) is 15.5. The van der Waals surface area contributed by atoms with E-state index in [1.807, 2.05) is 13.8 Å². The van der Waals surface area contributed by atoms with Crippen molar-refractivity contribution in [2.75, 3.05) is 26.2 Å². The van der Waals surface area contributed by atoms with E-state index >= 15 is 0 Å². The highest BCUT2D eigenvalue weighted by Crippen LogP contribution is 2.28. The van der Waals surface area contributed by atoms with Gasteiger partial charge in [-0.1, -0.05) is 19.0 Å². The van der Waals surface area contributed by atoms with E-state index in [-0.39, 0.29) is 43.7 Å². The zero-order valence-electron chi connectivity index (χ0n) is 18.1. The minimum Gasteiger partial charge on any atom is -0.336 e. The predicted molar refractivity (Wildman–Crippen MR) is 112 cm³/mol. The molecule has 0 radical (unpaired) electrons. The molecule has 4 rings (SSSR count). The summed E-state index contributed by atoms with van der Waals surface area (Å²) >= 11 is 0. The molecule has 0 saturated carbocycles. The van der Waals surface area contributed by atoms with Gasteiger partial charge in [-0.05, 0) is 31.0 Å². The van der Waals surface area contributed by atoms with Crippen LogP contribution in [0.1, 0.15) is 41.5 Å². The number of piperazine rings is 1. The summed E-state index contributed by atoms with van der Waals surface area (Å²) in [7, 11) is -4.42. The van der Waals surface area contributed by atoms with Gasteiger partial charge in [-0.2, -0.15) is 4.31 Å². The average Bonchev–Trinajstić information content (AvgIpc) is 3.17. The van der Waals surface area contributed by atoms with E-state index in [0.29, 0.717) is 34.5 Å². The van der Waals surface area contributed by atoms with Gasteiger partial charge in [0.2, 0.25) is 10.0 Å². The molecule has 1 aromatic carbocycles. The van der Waals surface area contributed by atoms with E-state index in [2.05, 4.69) is 10.1 Å². The lowest BCUT2D eigenvalue weighted by Crippen LogP contribution is -2.50. The molecule has 8 nitrogen and oxygen atoms in total. The minimum atomic E-state index is -4.42. The van der Waals surface area contributed by atoms with Gasteiger partial charge in [0.05, 0.1) is 16.6 Å². The van der Waals surface area contributed by atoms with Crippen molar-refractivity contribution in [2.24, 2.45) is 0 Å². The van der Waals surface area contributed by atoms with Crippen LogP contribution in [0.3, 0.4) is 0 Å². The third kappa shape index (κ3) is 3.97. The molecule has 1 aliphatic rings. The summed E-state index contributed by atoms with van der Waals surface area (Å²) in [6, 6.07) is 2.93.